The monoisotopic (exact) mass is 438 g/mol. The van der Waals surface area contributed by atoms with Crippen LogP contribution < -0.4 is 9.47 Å². The average Bonchev–Trinajstić information content (AvgIpc) is 2.81. The molecule has 7 nitrogen and oxygen atoms in total. The van der Waals surface area contributed by atoms with Gasteiger partial charge in [0.05, 0.1) is 5.02 Å². The number of amides is 1. The zero-order valence-electron chi connectivity index (χ0n) is 17.0. The molecule has 0 atom stereocenters. The zero-order valence-corrected chi connectivity index (χ0v) is 17.7. The van der Waals surface area contributed by atoms with E-state index in [2.05, 4.69) is 20.9 Å². The van der Waals surface area contributed by atoms with Crippen LogP contribution in [0.5, 0.6) is 17.4 Å². The van der Waals surface area contributed by atoms with E-state index < -0.39 is 0 Å². The first kappa shape index (κ1) is 21.1. The number of pyridine rings is 2. The van der Waals surface area contributed by atoms with Crippen molar-refractivity contribution in [1.82, 2.24) is 19.8 Å². The lowest BCUT2D eigenvalue weighted by molar-refractivity contribution is 0.111. The van der Waals surface area contributed by atoms with E-state index in [0.29, 0.717) is 35.5 Å². The zero-order chi connectivity index (χ0) is 21.5. The van der Waals surface area contributed by atoms with Gasteiger partial charge in [0, 0.05) is 57.4 Å². The molecule has 1 aliphatic heterocycles. The minimum Gasteiger partial charge on any atom is -0.439 e. The Hall–Kier alpha value is -3.16. The fourth-order valence-electron chi connectivity index (χ4n) is 3.27. The SMILES string of the molecule is O=C(Oc1ccc(Oc2ccc(Cl)cn2)cc1)N1CCN(CCc2cccnc2)CC1. The maximum Gasteiger partial charge on any atom is 0.415 e. The number of halogens is 1. The van der Waals surface area contributed by atoms with Crippen molar-refractivity contribution in [2.24, 2.45) is 0 Å². The number of hydrogen-bond acceptors (Lipinski definition) is 6. The number of hydrogen-bond donors (Lipinski definition) is 0. The lowest BCUT2D eigenvalue weighted by Crippen LogP contribution is -2.49. The summed E-state index contributed by atoms with van der Waals surface area (Å²) in [6.07, 6.45) is 5.82. The summed E-state index contributed by atoms with van der Waals surface area (Å²) in [5.74, 6) is 1.51. The molecule has 0 radical (unpaired) electrons. The number of carbonyl (C=O) groups excluding carboxylic acids is 1. The molecule has 3 aromatic rings. The molecule has 0 unspecified atom stereocenters. The number of ether oxygens (including phenoxy) is 2. The summed E-state index contributed by atoms with van der Waals surface area (Å²) in [6, 6.07) is 14.3. The Labute approximate surface area is 186 Å². The van der Waals surface area contributed by atoms with Crippen LogP contribution >= 0.6 is 11.6 Å². The minimum atomic E-state index is -0.333. The van der Waals surface area contributed by atoms with Gasteiger partial charge in [-0.2, -0.15) is 0 Å². The molecule has 0 aliphatic carbocycles. The lowest BCUT2D eigenvalue weighted by Gasteiger charge is -2.34. The van der Waals surface area contributed by atoms with E-state index >= 15 is 0 Å². The van der Waals surface area contributed by atoms with Gasteiger partial charge in [-0.3, -0.25) is 9.88 Å². The van der Waals surface area contributed by atoms with Crippen LogP contribution in [0.25, 0.3) is 0 Å². The van der Waals surface area contributed by atoms with E-state index in [9.17, 15) is 4.79 Å². The van der Waals surface area contributed by atoms with Crippen molar-refractivity contribution in [2.75, 3.05) is 32.7 Å². The predicted octanol–water partition coefficient (Wildman–Crippen LogP) is 4.28. The highest BCUT2D eigenvalue weighted by Gasteiger charge is 2.22. The molecule has 2 aromatic heterocycles. The van der Waals surface area contributed by atoms with Crippen LogP contribution in [0.2, 0.25) is 5.02 Å². The number of aromatic nitrogens is 2. The smallest absolute Gasteiger partial charge is 0.415 e. The Morgan fingerprint density at radius 3 is 2.42 bits per heavy atom. The second-order valence-electron chi connectivity index (χ2n) is 7.20. The van der Waals surface area contributed by atoms with Crippen molar-refractivity contribution in [3.8, 4) is 17.4 Å². The van der Waals surface area contributed by atoms with Crippen LogP contribution in [-0.4, -0.2) is 58.6 Å². The van der Waals surface area contributed by atoms with Crippen LogP contribution in [-0.2, 0) is 6.42 Å². The number of piperazine rings is 1. The van der Waals surface area contributed by atoms with Gasteiger partial charge < -0.3 is 14.4 Å². The second kappa shape index (κ2) is 10.2. The van der Waals surface area contributed by atoms with Crippen molar-refractivity contribution < 1.29 is 14.3 Å². The van der Waals surface area contributed by atoms with Gasteiger partial charge in [-0.15, -0.1) is 0 Å². The highest BCUT2D eigenvalue weighted by Crippen LogP contribution is 2.23. The summed E-state index contributed by atoms with van der Waals surface area (Å²) in [7, 11) is 0. The van der Waals surface area contributed by atoms with Crippen LogP contribution in [0.4, 0.5) is 4.79 Å². The van der Waals surface area contributed by atoms with E-state index in [4.69, 9.17) is 21.1 Å². The molecule has 31 heavy (non-hydrogen) atoms. The Morgan fingerprint density at radius 2 is 1.74 bits per heavy atom. The van der Waals surface area contributed by atoms with Crippen molar-refractivity contribution in [1.29, 1.82) is 0 Å². The first-order chi connectivity index (χ1) is 15.2. The molecule has 1 fully saturated rings. The summed E-state index contributed by atoms with van der Waals surface area (Å²) in [4.78, 5) is 24.8. The van der Waals surface area contributed by atoms with Gasteiger partial charge >= 0.3 is 6.09 Å². The first-order valence-corrected chi connectivity index (χ1v) is 10.5. The molecule has 4 rings (SSSR count). The Balaban J connectivity index is 1.22. The molecule has 0 N–H and O–H groups in total. The number of carbonyl (C=O) groups is 1. The standard InChI is InChI=1S/C23H23ClN4O3/c24-19-3-8-22(26-17-19)30-20-4-6-21(7-5-20)31-23(29)28-14-12-27(13-15-28)11-9-18-2-1-10-25-16-18/h1-8,10,16-17H,9,11-15H2. The van der Waals surface area contributed by atoms with E-state index in [1.165, 1.54) is 11.8 Å². The average molecular weight is 439 g/mol. The molecule has 1 aliphatic rings. The third kappa shape index (κ3) is 6.16. The second-order valence-corrected chi connectivity index (χ2v) is 7.63. The number of rotatable bonds is 6. The molecule has 1 amide bonds. The molecule has 1 aromatic carbocycles. The van der Waals surface area contributed by atoms with Gasteiger partial charge in [0.15, 0.2) is 0 Å². The quantitative estimate of drug-likeness (QED) is 0.572. The van der Waals surface area contributed by atoms with Gasteiger partial charge in [-0.05, 0) is 48.4 Å². The van der Waals surface area contributed by atoms with Crippen LogP contribution in [0.15, 0.2) is 67.1 Å². The molecule has 0 bridgehead atoms. The summed E-state index contributed by atoms with van der Waals surface area (Å²) in [5, 5.41) is 0.545. The van der Waals surface area contributed by atoms with Crippen molar-refractivity contribution in [2.45, 2.75) is 6.42 Å². The lowest BCUT2D eigenvalue weighted by atomic mass is 10.2. The predicted molar refractivity (Wildman–Crippen MR) is 118 cm³/mol. The summed E-state index contributed by atoms with van der Waals surface area (Å²) >= 11 is 5.82. The Bertz CT molecular complexity index is 976. The highest BCUT2D eigenvalue weighted by atomic mass is 35.5. The Morgan fingerprint density at radius 1 is 0.968 bits per heavy atom. The van der Waals surface area contributed by atoms with Crippen molar-refractivity contribution in [3.05, 3.63) is 77.7 Å². The maximum atomic E-state index is 12.5. The highest BCUT2D eigenvalue weighted by molar-refractivity contribution is 6.30. The topological polar surface area (TPSA) is 67.8 Å². The van der Waals surface area contributed by atoms with E-state index in [-0.39, 0.29) is 6.09 Å². The van der Waals surface area contributed by atoms with E-state index in [1.54, 1.807) is 47.5 Å². The fourth-order valence-corrected chi connectivity index (χ4v) is 3.38. The molecular weight excluding hydrogens is 416 g/mol. The van der Waals surface area contributed by atoms with E-state index in [0.717, 1.165) is 26.1 Å². The molecule has 160 valence electrons. The summed E-state index contributed by atoms with van der Waals surface area (Å²) in [5.41, 5.74) is 1.23. The van der Waals surface area contributed by atoms with Gasteiger partial charge in [0.1, 0.15) is 11.5 Å². The van der Waals surface area contributed by atoms with Gasteiger partial charge in [0.25, 0.3) is 0 Å². The third-order valence-corrected chi connectivity index (χ3v) is 5.25. The van der Waals surface area contributed by atoms with Crippen molar-refractivity contribution in [3.63, 3.8) is 0 Å². The first-order valence-electron chi connectivity index (χ1n) is 10.1. The van der Waals surface area contributed by atoms with Crippen LogP contribution in [0.1, 0.15) is 5.56 Å². The van der Waals surface area contributed by atoms with Gasteiger partial charge in [-0.25, -0.2) is 9.78 Å². The molecule has 1 saturated heterocycles. The largest absolute Gasteiger partial charge is 0.439 e. The molecule has 3 heterocycles. The molecule has 0 spiro atoms. The molecular formula is C23H23ClN4O3. The van der Waals surface area contributed by atoms with E-state index in [1.807, 2.05) is 12.3 Å². The molecule has 8 heteroatoms. The maximum absolute atomic E-state index is 12.5. The Kier molecular flexibility index (Phi) is 6.96. The van der Waals surface area contributed by atoms with Crippen LogP contribution in [0.3, 0.4) is 0 Å². The van der Waals surface area contributed by atoms with Gasteiger partial charge in [0.2, 0.25) is 5.88 Å². The summed E-state index contributed by atoms with van der Waals surface area (Å²) in [6.45, 7) is 3.91. The summed E-state index contributed by atoms with van der Waals surface area (Å²) < 4.78 is 11.2. The van der Waals surface area contributed by atoms with Gasteiger partial charge in [-0.1, -0.05) is 17.7 Å². The minimum absolute atomic E-state index is 0.333. The van der Waals surface area contributed by atoms with Crippen LogP contribution in [0, 0.1) is 0 Å². The fraction of sp³-hybridized carbons (Fsp3) is 0.261. The molecule has 0 saturated carbocycles. The number of benzene rings is 1. The van der Waals surface area contributed by atoms with Crippen molar-refractivity contribution >= 4 is 17.7 Å². The normalized spacial score (nSPS) is 14.3. The third-order valence-electron chi connectivity index (χ3n) is 5.02. The number of nitrogens with zero attached hydrogens (tertiary/aromatic N) is 4.